The predicted octanol–water partition coefficient (Wildman–Crippen LogP) is 3.93. The zero-order valence-electron chi connectivity index (χ0n) is 11.6. The van der Waals surface area contributed by atoms with Gasteiger partial charge in [0, 0.05) is 6.04 Å². The van der Waals surface area contributed by atoms with Crippen molar-refractivity contribution < 1.29 is 0 Å². The number of aryl methyl sites for hydroxylation is 3. The van der Waals surface area contributed by atoms with E-state index in [1.54, 1.807) is 33.0 Å². The monoisotopic (exact) mass is 251 g/mol. The highest BCUT2D eigenvalue weighted by Crippen LogP contribution is 2.39. The van der Waals surface area contributed by atoms with Crippen LogP contribution in [0.1, 0.15) is 47.6 Å². The molecule has 0 aromatic heterocycles. The lowest BCUT2D eigenvalue weighted by atomic mass is 9.90. The SMILES string of the molecule is CNC1CCCCc2c1cc1c3c(cccc23)CC1. The lowest BCUT2D eigenvalue weighted by Gasteiger charge is -2.19. The Labute approximate surface area is 115 Å². The molecular formula is C18H21N. The van der Waals surface area contributed by atoms with Gasteiger partial charge in [-0.25, -0.2) is 0 Å². The molecule has 4 rings (SSSR count). The number of fused-ring (bicyclic) bond motifs is 2. The molecule has 2 aliphatic carbocycles. The van der Waals surface area contributed by atoms with E-state index in [0.29, 0.717) is 6.04 Å². The van der Waals surface area contributed by atoms with Crippen molar-refractivity contribution in [2.24, 2.45) is 0 Å². The Morgan fingerprint density at radius 3 is 2.84 bits per heavy atom. The van der Waals surface area contributed by atoms with E-state index < -0.39 is 0 Å². The van der Waals surface area contributed by atoms with E-state index in [9.17, 15) is 0 Å². The van der Waals surface area contributed by atoms with Crippen LogP contribution >= 0.6 is 0 Å². The molecule has 0 saturated heterocycles. The van der Waals surface area contributed by atoms with E-state index in [0.717, 1.165) is 0 Å². The van der Waals surface area contributed by atoms with Crippen molar-refractivity contribution in [1.29, 1.82) is 0 Å². The van der Waals surface area contributed by atoms with Gasteiger partial charge in [-0.3, -0.25) is 0 Å². The minimum atomic E-state index is 0.558. The maximum Gasteiger partial charge on any atom is 0.0320 e. The third-order valence-corrected chi connectivity index (χ3v) is 5.03. The highest BCUT2D eigenvalue weighted by Gasteiger charge is 2.23. The molecule has 1 heteroatoms. The van der Waals surface area contributed by atoms with E-state index in [1.165, 1.54) is 38.5 Å². The first-order valence-corrected chi connectivity index (χ1v) is 7.62. The molecule has 2 aromatic carbocycles. The summed E-state index contributed by atoms with van der Waals surface area (Å²) in [5, 5.41) is 6.66. The van der Waals surface area contributed by atoms with Gasteiger partial charge in [0.25, 0.3) is 0 Å². The summed E-state index contributed by atoms with van der Waals surface area (Å²) in [7, 11) is 2.11. The summed E-state index contributed by atoms with van der Waals surface area (Å²) in [6.45, 7) is 0. The van der Waals surface area contributed by atoms with Crippen LogP contribution in [0.2, 0.25) is 0 Å². The summed E-state index contributed by atoms with van der Waals surface area (Å²) in [6, 6.07) is 10.00. The molecule has 1 unspecified atom stereocenters. The van der Waals surface area contributed by atoms with Crippen LogP contribution in [0.5, 0.6) is 0 Å². The van der Waals surface area contributed by atoms with Crippen molar-refractivity contribution in [3.63, 3.8) is 0 Å². The van der Waals surface area contributed by atoms with E-state index in [2.05, 4.69) is 36.6 Å². The van der Waals surface area contributed by atoms with Gasteiger partial charge in [0.2, 0.25) is 0 Å². The number of nitrogens with one attached hydrogen (secondary N) is 1. The second kappa shape index (κ2) is 4.35. The zero-order chi connectivity index (χ0) is 12.8. The van der Waals surface area contributed by atoms with Crippen LogP contribution in [0, 0.1) is 0 Å². The van der Waals surface area contributed by atoms with Crippen molar-refractivity contribution in [1.82, 2.24) is 5.32 Å². The molecule has 2 aromatic rings. The Bertz CT molecular complexity index is 642. The van der Waals surface area contributed by atoms with Gasteiger partial charge in [0.15, 0.2) is 0 Å². The van der Waals surface area contributed by atoms with Crippen LogP contribution in [-0.2, 0) is 19.3 Å². The zero-order valence-corrected chi connectivity index (χ0v) is 11.6. The highest BCUT2D eigenvalue weighted by molar-refractivity contribution is 5.94. The normalized spacial score (nSPS) is 21.4. The summed E-state index contributed by atoms with van der Waals surface area (Å²) in [5.74, 6) is 0. The Morgan fingerprint density at radius 1 is 1.05 bits per heavy atom. The summed E-state index contributed by atoms with van der Waals surface area (Å²) in [5.41, 5.74) is 6.37. The Hall–Kier alpha value is -1.34. The van der Waals surface area contributed by atoms with Gasteiger partial charge < -0.3 is 5.32 Å². The Kier molecular flexibility index (Phi) is 2.63. The number of hydrogen-bond acceptors (Lipinski definition) is 1. The first-order chi connectivity index (χ1) is 9.38. The van der Waals surface area contributed by atoms with Gasteiger partial charge in [-0.05, 0) is 72.2 Å². The molecule has 1 nitrogen and oxygen atoms in total. The lowest BCUT2D eigenvalue weighted by Crippen LogP contribution is -2.16. The Morgan fingerprint density at radius 2 is 1.95 bits per heavy atom. The van der Waals surface area contributed by atoms with Gasteiger partial charge in [0.1, 0.15) is 0 Å². The molecule has 1 atom stereocenters. The van der Waals surface area contributed by atoms with Gasteiger partial charge in [-0.2, -0.15) is 0 Å². The van der Waals surface area contributed by atoms with E-state index in [1.807, 2.05) is 0 Å². The lowest BCUT2D eigenvalue weighted by molar-refractivity contribution is 0.533. The quantitative estimate of drug-likeness (QED) is 0.757. The molecule has 0 heterocycles. The standard InChI is InChI=1S/C18H21N/c1-19-17-8-3-2-6-14-15-7-4-5-12-9-10-13(18(12)15)11-16(14)17/h4-5,7,11,17,19H,2-3,6,8-10H2,1H3. The first-order valence-electron chi connectivity index (χ1n) is 7.62. The topological polar surface area (TPSA) is 12.0 Å². The first kappa shape index (κ1) is 11.5. The van der Waals surface area contributed by atoms with Gasteiger partial charge >= 0.3 is 0 Å². The van der Waals surface area contributed by atoms with Gasteiger partial charge in [-0.1, -0.05) is 30.7 Å². The molecule has 0 saturated carbocycles. The van der Waals surface area contributed by atoms with Crippen molar-refractivity contribution in [2.45, 2.75) is 44.6 Å². The molecule has 0 radical (unpaired) electrons. The van der Waals surface area contributed by atoms with E-state index in [4.69, 9.17) is 0 Å². The smallest absolute Gasteiger partial charge is 0.0320 e. The average Bonchev–Trinajstić information content (AvgIpc) is 2.74. The molecule has 0 fully saturated rings. The summed E-state index contributed by atoms with van der Waals surface area (Å²) < 4.78 is 0. The predicted molar refractivity (Wildman–Crippen MR) is 80.7 cm³/mol. The fraction of sp³-hybridized carbons (Fsp3) is 0.444. The third-order valence-electron chi connectivity index (χ3n) is 5.03. The molecule has 0 aliphatic heterocycles. The Balaban J connectivity index is 2.05. The number of hydrogen-bond donors (Lipinski definition) is 1. The molecular weight excluding hydrogens is 230 g/mol. The van der Waals surface area contributed by atoms with Gasteiger partial charge in [0.05, 0.1) is 0 Å². The maximum absolute atomic E-state index is 3.53. The van der Waals surface area contributed by atoms with Crippen molar-refractivity contribution >= 4 is 10.8 Å². The van der Waals surface area contributed by atoms with Crippen LogP contribution < -0.4 is 5.32 Å². The third kappa shape index (κ3) is 1.64. The molecule has 1 N–H and O–H groups in total. The molecule has 0 amide bonds. The van der Waals surface area contributed by atoms with Crippen molar-refractivity contribution in [3.8, 4) is 0 Å². The molecule has 0 bridgehead atoms. The summed E-state index contributed by atoms with van der Waals surface area (Å²) in [6.07, 6.45) is 7.70. The fourth-order valence-corrected chi connectivity index (χ4v) is 4.10. The largest absolute Gasteiger partial charge is 0.313 e. The number of rotatable bonds is 1. The minimum Gasteiger partial charge on any atom is -0.313 e. The molecule has 98 valence electrons. The average molecular weight is 251 g/mol. The fourth-order valence-electron chi connectivity index (χ4n) is 4.10. The highest BCUT2D eigenvalue weighted by atomic mass is 14.9. The maximum atomic E-state index is 3.53. The van der Waals surface area contributed by atoms with Crippen molar-refractivity contribution in [2.75, 3.05) is 7.05 Å². The summed E-state index contributed by atoms with van der Waals surface area (Å²) >= 11 is 0. The van der Waals surface area contributed by atoms with Crippen LogP contribution in [-0.4, -0.2) is 7.05 Å². The van der Waals surface area contributed by atoms with Crippen LogP contribution in [0.3, 0.4) is 0 Å². The molecule has 0 spiro atoms. The van der Waals surface area contributed by atoms with Crippen molar-refractivity contribution in [3.05, 3.63) is 46.5 Å². The van der Waals surface area contributed by atoms with Crippen LogP contribution in [0.4, 0.5) is 0 Å². The van der Waals surface area contributed by atoms with Crippen LogP contribution in [0.25, 0.3) is 10.8 Å². The van der Waals surface area contributed by atoms with Gasteiger partial charge in [-0.15, -0.1) is 0 Å². The minimum absolute atomic E-state index is 0.558. The second-order valence-corrected chi connectivity index (χ2v) is 6.03. The van der Waals surface area contributed by atoms with E-state index in [-0.39, 0.29) is 0 Å². The molecule has 19 heavy (non-hydrogen) atoms. The second-order valence-electron chi connectivity index (χ2n) is 6.03. The van der Waals surface area contributed by atoms with Crippen LogP contribution in [0.15, 0.2) is 24.3 Å². The summed E-state index contributed by atoms with van der Waals surface area (Å²) in [4.78, 5) is 0. The number of benzene rings is 2. The van der Waals surface area contributed by atoms with E-state index >= 15 is 0 Å². The molecule has 2 aliphatic rings.